The van der Waals surface area contributed by atoms with Gasteiger partial charge in [-0.15, -0.1) is 11.3 Å². The van der Waals surface area contributed by atoms with E-state index in [9.17, 15) is 4.79 Å². The molecule has 0 aliphatic rings. The van der Waals surface area contributed by atoms with Crippen molar-refractivity contribution in [2.45, 2.75) is 26.3 Å². The molecule has 0 atom stereocenters. The van der Waals surface area contributed by atoms with Crippen LogP contribution in [0.2, 0.25) is 0 Å². The molecule has 2 aromatic heterocycles. The number of hydrogen-bond acceptors (Lipinski definition) is 4. The van der Waals surface area contributed by atoms with Gasteiger partial charge in [0, 0.05) is 17.1 Å². The van der Waals surface area contributed by atoms with Crippen LogP contribution in [0.15, 0.2) is 18.6 Å². The number of aromatic nitrogens is 2. The number of thiophene rings is 1. The predicted molar refractivity (Wildman–Crippen MR) is 64.6 cm³/mol. The van der Waals surface area contributed by atoms with Gasteiger partial charge in [-0.2, -0.15) is 0 Å². The number of fused-ring (bicyclic) bond motifs is 1. The van der Waals surface area contributed by atoms with Crippen molar-refractivity contribution >= 4 is 27.5 Å². The van der Waals surface area contributed by atoms with Crippen molar-refractivity contribution in [2.75, 3.05) is 0 Å². The first-order chi connectivity index (χ1) is 7.46. The number of nitrogens with one attached hydrogen (secondary N) is 1. The fourth-order valence-corrected chi connectivity index (χ4v) is 2.17. The molecular weight excluding hydrogens is 222 g/mol. The highest BCUT2D eigenvalue weighted by molar-refractivity contribution is 7.20. The molecule has 0 spiro atoms. The summed E-state index contributed by atoms with van der Waals surface area (Å²) in [7, 11) is 0. The molecule has 16 heavy (non-hydrogen) atoms. The van der Waals surface area contributed by atoms with E-state index in [1.54, 1.807) is 6.20 Å². The molecule has 1 amide bonds. The first-order valence-electron chi connectivity index (χ1n) is 4.98. The van der Waals surface area contributed by atoms with Crippen molar-refractivity contribution in [3.05, 3.63) is 23.5 Å². The highest BCUT2D eigenvalue weighted by Crippen LogP contribution is 2.22. The third kappa shape index (κ3) is 2.36. The highest BCUT2D eigenvalue weighted by Gasteiger charge is 2.17. The second-order valence-electron chi connectivity index (χ2n) is 4.60. The molecule has 0 fully saturated rings. The molecular formula is C11H13N3OS. The van der Waals surface area contributed by atoms with Crippen LogP contribution in [-0.4, -0.2) is 21.4 Å². The Hall–Kier alpha value is -1.49. The molecule has 84 valence electrons. The quantitative estimate of drug-likeness (QED) is 0.824. The molecule has 2 heterocycles. The summed E-state index contributed by atoms with van der Waals surface area (Å²) < 4.78 is 0. The molecule has 0 aliphatic heterocycles. The second kappa shape index (κ2) is 3.83. The van der Waals surface area contributed by atoms with Crippen molar-refractivity contribution in [2.24, 2.45) is 0 Å². The van der Waals surface area contributed by atoms with E-state index >= 15 is 0 Å². The fraction of sp³-hybridized carbons (Fsp3) is 0.364. The van der Waals surface area contributed by atoms with Crippen LogP contribution in [-0.2, 0) is 0 Å². The van der Waals surface area contributed by atoms with E-state index in [2.05, 4.69) is 15.3 Å². The third-order valence-corrected chi connectivity index (χ3v) is 2.97. The van der Waals surface area contributed by atoms with Crippen molar-refractivity contribution < 1.29 is 4.79 Å². The number of rotatable bonds is 1. The second-order valence-corrected chi connectivity index (χ2v) is 5.63. The zero-order valence-electron chi connectivity index (χ0n) is 9.44. The van der Waals surface area contributed by atoms with Crippen molar-refractivity contribution in [3.63, 3.8) is 0 Å². The average molecular weight is 235 g/mol. The number of amides is 1. The number of carbonyl (C=O) groups excluding carboxylic acids is 1. The Morgan fingerprint density at radius 1 is 1.44 bits per heavy atom. The van der Waals surface area contributed by atoms with Gasteiger partial charge in [0.1, 0.15) is 11.2 Å². The lowest BCUT2D eigenvalue weighted by molar-refractivity contribution is 0.0924. The van der Waals surface area contributed by atoms with Gasteiger partial charge in [0.25, 0.3) is 5.91 Å². The Labute approximate surface area is 97.7 Å². The Balaban J connectivity index is 2.30. The summed E-state index contributed by atoms with van der Waals surface area (Å²) in [5, 5.41) is 3.83. The van der Waals surface area contributed by atoms with Crippen molar-refractivity contribution in [1.82, 2.24) is 15.3 Å². The SMILES string of the molecule is CC(C)(C)NC(=O)c1cc2cncnc2s1. The Bertz CT molecular complexity index is 494. The monoisotopic (exact) mass is 235 g/mol. The van der Waals surface area contributed by atoms with Crippen molar-refractivity contribution in [3.8, 4) is 0 Å². The van der Waals surface area contributed by atoms with Gasteiger partial charge in [0.05, 0.1) is 4.88 Å². The topological polar surface area (TPSA) is 54.9 Å². The van der Waals surface area contributed by atoms with Crippen LogP contribution in [0.3, 0.4) is 0 Å². The Kier molecular flexibility index (Phi) is 2.63. The molecule has 0 saturated carbocycles. The van der Waals surface area contributed by atoms with Crippen LogP contribution in [0.25, 0.3) is 10.2 Å². The molecule has 0 aliphatic carbocycles. The molecule has 0 unspecified atom stereocenters. The maximum Gasteiger partial charge on any atom is 0.261 e. The smallest absolute Gasteiger partial charge is 0.261 e. The average Bonchev–Trinajstić information content (AvgIpc) is 2.58. The molecule has 0 radical (unpaired) electrons. The lowest BCUT2D eigenvalue weighted by atomic mass is 10.1. The Morgan fingerprint density at radius 2 is 2.19 bits per heavy atom. The molecule has 5 heteroatoms. The Morgan fingerprint density at radius 3 is 2.81 bits per heavy atom. The van der Waals surface area contributed by atoms with Gasteiger partial charge >= 0.3 is 0 Å². The molecule has 2 rings (SSSR count). The lowest BCUT2D eigenvalue weighted by Crippen LogP contribution is -2.40. The molecule has 4 nitrogen and oxygen atoms in total. The van der Waals surface area contributed by atoms with Gasteiger partial charge in [-0.1, -0.05) is 0 Å². The fourth-order valence-electron chi connectivity index (χ4n) is 1.30. The standard InChI is InChI=1S/C11H13N3OS/c1-11(2,3)14-9(15)8-4-7-5-12-6-13-10(7)16-8/h4-6H,1-3H3,(H,14,15). The molecule has 0 bridgehead atoms. The molecule has 2 aromatic rings. The van der Waals surface area contributed by atoms with Gasteiger partial charge in [-0.25, -0.2) is 9.97 Å². The van der Waals surface area contributed by atoms with Crippen LogP contribution in [0.1, 0.15) is 30.4 Å². The number of nitrogens with zero attached hydrogens (tertiary/aromatic N) is 2. The summed E-state index contributed by atoms with van der Waals surface area (Å²) in [6.45, 7) is 5.87. The van der Waals surface area contributed by atoms with E-state index in [0.29, 0.717) is 4.88 Å². The normalized spacial score (nSPS) is 11.7. The molecule has 0 aromatic carbocycles. The van der Waals surface area contributed by atoms with E-state index in [1.165, 1.54) is 17.7 Å². The summed E-state index contributed by atoms with van der Waals surface area (Å²) in [4.78, 5) is 21.4. The van der Waals surface area contributed by atoms with Gasteiger partial charge in [-0.3, -0.25) is 4.79 Å². The van der Waals surface area contributed by atoms with Crippen LogP contribution in [0.5, 0.6) is 0 Å². The lowest BCUT2D eigenvalue weighted by Gasteiger charge is -2.19. The van der Waals surface area contributed by atoms with E-state index in [1.807, 2.05) is 26.8 Å². The van der Waals surface area contributed by atoms with E-state index in [-0.39, 0.29) is 11.4 Å². The van der Waals surface area contributed by atoms with Crippen LogP contribution >= 0.6 is 11.3 Å². The minimum absolute atomic E-state index is 0.0597. The third-order valence-electron chi connectivity index (χ3n) is 1.91. The maximum absolute atomic E-state index is 11.9. The first-order valence-corrected chi connectivity index (χ1v) is 5.79. The maximum atomic E-state index is 11.9. The minimum Gasteiger partial charge on any atom is -0.347 e. The van der Waals surface area contributed by atoms with Gasteiger partial charge < -0.3 is 5.32 Å². The number of carbonyl (C=O) groups is 1. The summed E-state index contributed by atoms with van der Waals surface area (Å²) in [5.41, 5.74) is -0.223. The summed E-state index contributed by atoms with van der Waals surface area (Å²) >= 11 is 1.38. The number of hydrogen-bond donors (Lipinski definition) is 1. The van der Waals surface area contributed by atoms with Gasteiger partial charge in [-0.05, 0) is 26.8 Å². The van der Waals surface area contributed by atoms with Crippen molar-refractivity contribution in [1.29, 1.82) is 0 Å². The zero-order valence-corrected chi connectivity index (χ0v) is 10.3. The summed E-state index contributed by atoms with van der Waals surface area (Å²) in [6, 6.07) is 1.82. The van der Waals surface area contributed by atoms with Crippen LogP contribution in [0.4, 0.5) is 0 Å². The van der Waals surface area contributed by atoms with Crippen LogP contribution in [0, 0.1) is 0 Å². The highest BCUT2D eigenvalue weighted by atomic mass is 32.1. The van der Waals surface area contributed by atoms with Gasteiger partial charge in [0.15, 0.2) is 0 Å². The molecule has 0 saturated heterocycles. The van der Waals surface area contributed by atoms with E-state index in [4.69, 9.17) is 0 Å². The van der Waals surface area contributed by atoms with E-state index < -0.39 is 0 Å². The first kappa shape index (κ1) is 11.0. The van der Waals surface area contributed by atoms with E-state index in [0.717, 1.165) is 10.2 Å². The van der Waals surface area contributed by atoms with Gasteiger partial charge in [0.2, 0.25) is 0 Å². The summed E-state index contributed by atoms with van der Waals surface area (Å²) in [6.07, 6.45) is 3.21. The summed E-state index contributed by atoms with van der Waals surface area (Å²) in [5.74, 6) is -0.0597. The largest absolute Gasteiger partial charge is 0.347 e. The minimum atomic E-state index is -0.223. The van der Waals surface area contributed by atoms with Crippen LogP contribution < -0.4 is 5.32 Å². The molecule has 1 N–H and O–H groups in total. The predicted octanol–water partition coefficient (Wildman–Crippen LogP) is 2.22. The zero-order chi connectivity index (χ0) is 11.8.